The maximum Gasteiger partial charge on any atom is 0.263 e. The van der Waals surface area contributed by atoms with Gasteiger partial charge in [0, 0.05) is 0 Å². The summed E-state index contributed by atoms with van der Waals surface area (Å²) in [5.74, 6) is 0.707. The second-order valence-electron chi connectivity index (χ2n) is 7.41. The smallest absolute Gasteiger partial charge is 0.263 e. The van der Waals surface area contributed by atoms with E-state index in [1.165, 1.54) is 4.31 Å². The van der Waals surface area contributed by atoms with Gasteiger partial charge in [-0.25, -0.2) is 8.42 Å². The van der Waals surface area contributed by atoms with Crippen molar-refractivity contribution in [3.8, 4) is 11.5 Å². The number of carbonyl (C=O) groups is 1. The summed E-state index contributed by atoms with van der Waals surface area (Å²) in [6, 6.07) is 12.6. The lowest BCUT2D eigenvalue weighted by Crippen LogP contribution is -2.52. The van der Waals surface area contributed by atoms with Crippen LogP contribution in [0.3, 0.4) is 0 Å². The number of ether oxygens (including phenoxy) is 2. The molecule has 29 heavy (non-hydrogen) atoms. The molecule has 3 rings (SSSR count). The summed E-state index contributed by atoms with van der Waals surface area (Å²) in [6.07, 6.45) is 0.180. The van der Waals surface area contributed by atoms with Crippen molar-refractivity contribution in [1.29, 1.82) is 0 Å². The zero-order chi connectivity index (χ0) is 21.2. The third-order valence-electron chi connectivity index (χ3n) is 4.59. The fraction of sp³-hybridized carbons (Fsp3) is 0.381. The van der Waals surface area contributed by atoms with Gasteiger partial charge in [-0.15, -0.1) is 0 Å². The van der Waals surface area contributed by atoms with Crippen LogP contribution in [0.2, 0.25) is 0 Å². The van der Waals surface area contributed by atoms with Crippen molar-refractivity contribution in [2.45, 2.75) is 32.9 Å². The van der Waals surface area contributed by atoms with Gasteiger partial charge in [0.25, 0.3) is 5.91 Å². The highest BCUT2D eigenvalue weighted by Gasteiger charge is 2.35. The van der Waals surface area contributed by atoms with Gasteiger partial charge >= 0.3 is 0 Å². The molecule has 0 bridgehead atoms. The average Bonchev–Trinajstić information content (AvgIpc) is 2.65. The number of nitrogens with zero attached hydrogens (tertiary/aromatic N) is 1. The van der Waals surface area contributed by atoms with Gasteiger partial charge in [0.2, 0.25) is 10.0 Å². The lowest BCUT2D eigenvalue weighted by molar-refractivity contribution is -0.128. The summed E-state index contributed by atoms with van der Waals surface area (Å²) in [6.45, 7) is 5.89. The van der Waals surface area contributed by atoms with Gasteiger partial charge in [0.15, 0.2) is 6.10 Å². The van der Waals surface area contributed by atoms with Crippen LogP contribution < -0.4 is 19.1 Å². The van der Waals surface area contributed by atoms with Crippen molar-refractivity contribution in [3.05, 3.63) is 53.6 Å². The van der Waals surface area contributed by atoms with E-state index >= 15 is 0 Å². The van der Waals surface area contributed by atoms with Crippen molar-refractivity contribution in [2.75, 3.05) is 23.7 Å². The Morgan fingerprint density at radius 3 is 2.52 bits per heavy atom. The fourth-order valence-electron chi connectivity index (χ4n) is 3.05. The zero-order valence-corrected chi connectivity index (χ0v) is 17.8. The van der Waals surface area contributed by atoms with E-state index in [9.17, 15) is 13.2 Å². The molecule has 1 aliphatic heterocycles. The van der Waals surface area contributed by atoms with E-state index in [4.69, 9.17) is 9.47 Å². The second-order valence-corrected chi connectivity index (χ2v) is 9.31. The van der Waals surface area contributed by atoms with E-state index in [1.807, 2.05) is 51.1 Å². The summed E-state index contributed by atoms with van der Waals surface area (Å²) in [5.41, 5.74) is 2.50. The van der Waals surface area contributed by atoms with Gasteiger partial charge in [-0.3, -0.25) is 9.10 Å². The molecule has 0 saturated heterocycles. The molecule has 2 atom stereocenters. The number of anilines is 1. The van der Waals surface area contributed by atoms with Crippen molar-refractivity contribution >= 4 is 21.6 Å². The first kappa shape index (κ1) is 21.0. The summed E-state index contributed by atoms with van der Waals surface area (Å²) in [4.78, 5) is 12.7. The summed E-state index contributed by atoms with van der Waals surface area (Å²) in [5, 5.41) is 2.83. The number of aryl methyl sites for hydroxylation is 2. The maximum atomic E-state index is 12.7. The number of fused-ring (bicyclic) bond motifs is 1. The van der Waals surface area contributed by atoms with Crippen LogP contribution in [0.5, 0.6) is 11.5 Å². The van der Waals surface area contributed by atoms with Crippen LogP contribution in [-0.2, 0) is 14.8 Å². The number of hydrogen-bond acceptors (Lipinski definition) is 5. The Morgan fingerprint density at radius 1 is 1.21 bits per heavy atom. The Morgan fingerprint density at radius 2 is 1.86 bits per heavy atom. The van der Waals surface area contributed by atoms with E-state index in [0.29, 0.717) is 11.4 Å². The molecule has 2 unspecified atom stereocenters. The summed E-state index contributed by atoms with van der Waals surface area (Å²) in [7, 11) is -3.55. The molecule has 0 aromatic heterocycles. The van der Waals surface area contributed by atoms with E-state index in [2.05, 4.69) is 5.32 Å². The molecule has 8 heteroatoms. The molecule has 156 valence electrons. The highest BCUT2D eigenvalue weighted by atomic mass is 32.2. The van der Waals surface area contributed by atoms with Crippen LogP contribution in [0.4, 0.5) is 5.69 Å². The lowest BCUT2D eigenvalue weighted by Gasteiger charge is -2.34. The maximum absolute atomic E-state index is 12.7. The molecule has 1 aliphatic rings. The molecule has 2 aromatic carbocycles. The Labute approximate surface area is 171 Å². The molecule has 2 aromatic rings. The van der Waals surface area contributed by atoms with Gasteiger partial charge < -0.3 is 14.8 Å². The number of nitrogens with one attached hydrogen (secondary N) is 1. The predicted molar refractivity (Wildman–Crippen MR) is 112 cm³/mol. The highest BCUT2D eigenvalue weighted by molar-refractivity contribution is 7.92. The van der Waals surface area contributed by atoms with Crippen LogP contribution in [-0.4, -0.2) is 45.9 Å². The number of sulfonamides is 1. The molecule has 1 heterocycles. The third kappa shape index (κ3) is 5.20. The number of carbonyl (C=O) groups excluding carboxylic acids is 1. The fourth-order valence-corrected chi connectivity index (χ4v) is 3.95. The first-order valence-electron chi connectivity index (χ1n) is 9.38. The SMILES string of the molecule is Cc1ccc(OCC(C)NC(=O)C2CN(S(C)(=O)=O)c3cc(C)ccc3O2)cc1. The predicted octanol–water partition coefficient (Wildman–Crippen LogP) is 2.41. The average molecular weight is 419 g/mol. The van der Waals surface area contributed by atoms with Crippen LogP contribution in [0.15, 0.2) is 42.5 Å². The van der Waals surface area contributed by atoms with E-state index in [0.717, 1.165) is 23.1 Å². The van der Waals surface area contributed by atoms with E-state index in [1.54, 1.807) is 12.1 Å². The Balaban J connectivity index is 1.66. The molecule has 0 radical (unpaired) electrons. The largest absolute Gasteiger partial charge is 0.491 e. The molecule has 7 nitrogen and oxygen atoms in total. The number of amides is 1. The van der Waals surface area contributed by atoms with Crippen molar-refractivity contribution in [3.63, 3.8) is 0 Å². The minimum atomic E-state index is -3.55. The zero-order valence-electron chi connectivity index (χ0n) is 17.0. The molecule has 0 saturated carbocycles. The third-order valence-corrected chi connectivity index (χ3v) is 5.73. The van der Waals surface area contributed by atoms with Crippen LogP contribution in [0.25, 0.3) is 0 Å². The summed E-state index contributed by atoms with van der Waals surface area (Å²) >= 11 is 0. The first-order chi connectivity index (χ1) is 13.6. The molecular weight excluding hydrogens is 392 g/mol. The quantitative estimate of drug-likeness (QED) is 0.779. The van der Waals surface area contributed by atoms with Crippen LogP contribution >= 0.6 is 0 Å². The van der Waals surface area contributed by atoms with E-state index < -0.39 is 16.1 Å². The summed E-state index contributed by atoms with van der Waals surface area (Å²) < 4.78 is 37.2. The van der Waals surface area contributed by atoms with Gasteiger partial charge in [0.05, 0.1) is 24.5 Å². The first-order valence-corrected chi connectivity index (χ1v) is 11.2. The van der Waals surface area contributed by atoms with Crippen LogP contribution in [0, 0.1) is 13.8 Å². The highest BCUT2D eigenvalue weighted by Crippen LogP contribution is 2.35. The Bertz CT molecular complexity index is 989. The second kappa shape index (κ2) is 8.32. The minimum Gasteiger partial charge on any atom is -0.491 e. The molecule has 0 fully saturated rings. The Kier molecular flexibility index (Phi) is 6.02. The van der Waals surface area contributed by atoms with E-state index in [-0.39, 0.29) is 25.1 Å². The normalized spacial score (nSPS) is 17.1. The van der Waals surface area contributed by atoms with Crippen molar-refractivity contribution in [2.24, 2.45) is 0 Å². The van der Waals surface area contributed by atoms with Crippen LogP contribution in [0.1, 0.15) is 18.1 Å². The topological polar surface area (TPSA) is 84.9 Å². The van der Waals surface area contributed by atoms with Gasteiger partial charge in [-0.2, -0.15) is 0 Å². The Hall–Kier alpha value is -2.74. The molecule has 1 amide bonds. The molecular formula is C21H26N2O5S. The minimum absolute atomic E-state index is 0.0767. The van der Waals surface area contributed by atoms with Gasteiger partial charge in [-0.1, -0.05) is 23.8 Å². The monoisotopic (exact) mass is 418 g/mol. The van der Waals surface area contributed by atoms with Crippen molar-refractivity contribution < 1.29 is 22.7 Å². The number of benzene rings is 2. The molecule has 0 aliphatic carbocycles. The standard InChI is InChI=1S/C21H26N2O5S/c1-14-5-8-17(9-6-14)27-13-16(3)22-21(24)20-12-23(29(4,25)26)18-11-15(2)7-10-19(18)28-20/h5-11,16,20H,12-13H2,1-4H3,(H,22,24). The van der Waals surface area contributed by atoms with Gasteiger partial charge in [0.1, 0.15) is 18.1 Å². The van der Waals surface area contributed by atoms with Gasteiger partial charge in [-0.05, 0) is 50.6 Å². The molecule has 1 N–H and O–H groups in total. The van der Waals surface area contributed by atoms with Crippen molar-refractivity contribution in [1.82, 2.24) is 5.32 Å². The number of hydrogen-bond donors (Lipinski definition) is 1. The lowest BCUT2D eigenvalue weighted by atomic mass is 10.1. The number of rotatable bonds is 6. The molecule has 0 spiro atoms.